The van der Waals surface area contributed by atoms with Gasteiger partial charge in [-0.05, 0) is 66.3 Å². The van der Waals surface area contributed by atoms with Crippen molar-refractivity contribution < 1.29 is 13.2 Å². The fourth-order valence-corrected chi connectivity index (χ4v) is 5.35. The van der Waals surface area contributed by atoms with Gasteiger partial charge in [-0.25, -0.2) is 8.42 Å². The molecule has 0 N–H and O–H groups in total. The zero-order chi connectivity index (χ0) is 20.7. The van der Waals surface area contributed by atoms with E-state index in [2.05, 4.69) is 49.4 Å². The van der Waals surface area contributed by atoms with Crippen LogP contribution in [0.4, 0.5) is 0 Å². The minimum absolute atomic E-state index is 0.198. The van der Waals surface area contributed by atoms with E-state index in [-0.39, 0.29) is 11.5 Å². The monoisotopic (exact) mass is 414 g/mol. The summed E-state index contributed by atoms with van der Waals surface area (Å²) in [6, 6.07) is 17.3. The van der Waals surface area contributed by atoms with Crippen LogP contribution in [-0.2, 0) is 22.7 Å². The van der Waals surface area contributed by atoms with Crippen LogP contribution in [0, 0.1) is 5.92 Å². The zero-order valence-electron chi connectivity index (χ0n) is 17.8. The Labute approximate surface area is 176 Å². The van der Waals surface area contributed by atoms with Crippen LogP contribution in [0.2, 0.25) is 0 Å². The first-order valence-corrected chi connectivity index (χ1v) is 12.8. The Morgan fingerprint density at radius 1 is 1.07 bits per heavy atom. The average Bonchev–Trinajstić information content (AvgIpc) is 2.74. The van der Waals surface area contributed by atoms with Crippen molar-refractivity contribution in [3.05, 3.63) is 65.2 Å². The molecule has 2 atom stereocenters. The summed E-state index contributed by atoms with van der Waals surface area (Å²) in [6.07, 6.45) is 6.48. The lowest BCUT2D eigenvalue weighted by atomic mass is 9.71. The van der Waals surface area contributed by atoms with E-state index >= 15 is 0 Å². The number of fused-ring (bicyclic) bond motifs is 1. The van der Waals surface area contributed by atoms with Crippen molar-refractivity contribution in [3.63, 3.8) is 0 Å². The van der Waals surface area contributed by atoms with Crippen LogP contribution < -0.4 is 4.74 Å². The fourth-order valence-electron chi connectivity index (χ4n) is 4.51. The van der Waals surface area contributed by atoms with E-state index in [9.17, 15) is 8.42 Å². The van der Waals surface area contributed by atoms with Crippen molar-refractivity contribution in [1.82, 2.24) is 0 Å². The molecule has 0 amide bonds. The summed E-state index contributed by atoms with van der Waals surface area (Å²) in [7, 11) is -2.93. The number of ether oxygens (including phenoxy) is 1. The van der Waals surface area contributed by atoms with Gasteiger partial charge < -0.3 is 4.74 Å². The molecule has 29 heavy (non-hydrogen) atoms. The molecule has 0 fully saturated rings. The van der Waals surface area contributed by atoms with Gasteiger partial charge in [-0.2, -0.15) is 0 Å². The lowest BCUT2D eigenvalue weighted by Gasteiger charge is -2.34. The predicted octanol–water partition coefficient (Wildman–Crippen LogP) is 5.58. The standard InChI is InChI=1S/C25H34O3S/c1-3-9-21-12-13-22-14-15-23(28-16-8-17-29(26,27)4-2)19-25(22)24(21)18-20-10-6-5-7-11-20/h5-7,10-11,14-15,19,21,24H,3-4,8-9,12-13,16-18H2,1-2H3/t21-,24-/m1/s1. The molecule has 0 aliphatic heterocycles. The average molecular weight is 415 g/mol. The maximum atomic E-state index is 11.7. The number of hydrogen-bond donors (Lipinski definition) is 0. The summed E-state index contributed by atoms with van der Waals surface area (Å²) in [4.78, 5) is 0. The number of benzene rings is 2. The molecule has 0 unspecified atom stereocenters. The van der Waals surface area contributed by atoms with E-state index in [0.717, 1.165) is 18.6 Å². The summed E-state index contributed by atoms with van der Waals surface area (Å²) < 4.78 is 29.3. The van der Waals surface area contributed by atoms with Crippen molar-refractivity contribution in [2.75, 3.05) is 18.1 Å². The first kappa shape index (κ1) is 21.9. The highest BCUT2D eigenvalue weighted by Crippen LogP contribution is 2.42. The molecule has 4 heteroatoms. The Hall–Kier alpha value is -1.81. The van der Waals surface area contributed by atoms with Gasteiger partial charge in [0.25, 0.3) is 0 Å². The predicted molar refractivity (Wildman–Crippen MR) is 120 cm³/mol. The van der Waals surface area contributed by atoms with E-state index in [0.29, 0.717) is 24.9 Å². The van der Waals surface area contributed by atoms with Crippen molar-refractivity contribution in [2.24, 2.45) is 5.92 Å². The van der Waals surface area contributed by atoms with Crippen molar-refractivity contribution >= 4 is 9.84 Å². The number of rotatable bonds is 10. The third-order valence-corrected chi connectivity index (χ3v) is 7.93. The van der Waals surface area contributed by atoms with Crippen LogP contribution >= 0.6 is 0 Å². The van der Waals surface area contributed by atoms with Gasteiger partial charge in [0.1, 0.15) is 15.6 Å². The van der Waals surface area contributed by atoms with Crippen molar-refractivity contribution in [3.8, 4) is 5.75 Å². The first-order valence-electron chi connectivity index (χ1n) is 11.0. The molecule has 0 radical (unpaired) electrons. The molecule has 0 spiro atoms. The van der Waals surface area contributed by atoms with E-state index in [1.165, 1.54) is 36.0 Å². The largest absolute Gasteiger partial charge is 0.494 e. The topological polar surface area (TPSA) is 43.4 Å². The highest BCUT2D eigenvalue weighted by molar-refractivity contribution is 7.91. The molecule has 2 aromatic carbocycles. The van der Waals surface area contributed by atoms with Crippen LogP contribution in [0.1, 0.15) is 62.1 Å². The minimum Gasteiger partial charge on any atom is -0.494 e. The molecule has 0 heterocycles. The maximum absolute atomic E-state index is 11.7. The molecule has 0 aromatic heterocycles. The second kappa shape index (κ2) is 10.3. The molecule has 1 aliphatic carbocycles. The fraction of sp³-hybridized carbons (Fsp3) is 0.520. The van der Waals surface area contributed by atoms with E-state index < -0.39 is 9.84 Å². The van der Waals surface area contributed by atoms with Gasteiger partial charge in [-0.3, -0.25) is 0 Å². The summed E-state index contributed by atoms with van der Waals surface area (Å²) in [6.45, 7) is 4.41. The Kier molecular flexibility index (Phi) is 7.77. The van der Waals surface area contributed by atoms with Crippen molar-refractivity contribution in [1.29, 1.82) is 0 Å². The molecule has 0 bridgehead atoms. The Morgan fingerprint density at radius 2 is 1.86 bits per heavy atom. The highest BCUT2D eigenvalue weighted by atomic mass is 32.2. The Balaban J connectivity index is 1.74. The second-order valence-corrected chi connectivity index (χ2v) is 10.7. The van der Waals surface area contributed by atoms with Crippen LogP contribution in [0.5, 0.6) is 5.75 Å². The van der Waals surface area contributed by atoms with Gasteiger partial charge in [0.15, 0.2) is 0 Å². The normalized spacial score (nSPS) is 19.0. The van der Waals surface area contributed by atoms with Crippen LogP contribution in [0.15, 0.2) is 48.5 Å². The molecule has 0 saturated carbocycles. The third-order valence-electron chi connectivity index (χ3n) is 6.14. The van der Waals surface area contributed by atoms with Crippen LogP contribution in [0.25, 0.3) is 0 Å². The van der Waals surface area contributed by atoms with Gasteiger partial charge in [0.2, 0.25) is 0 Å². The Morgan fingerprint density at radius 3 is 2.59 bits per heavy atom. The lowest BCUT2D eigenvalue weighted by Crippen LogP contribution is -2.23. The number of hydrogen-bond acceptors (Lipinski definition) is 3. The lowest BCUT2D eigenvalue weighted by molar-refractivity contribution is 0.312. The smallest absolute Gasteiger partial charge is 0.150 e. The minimum atomic E-state index is -2.93. The summed E-state index contributed by atoms with van der Waals surface area (Å²) in [5.41, 5.74) is 4.26. The van der Waals surface area contributed by atoms with E-state index in [1.54, 1.807) is 6.92 Å². The first-order chi connectivity index (χ1) is 14.0. The summed E-state index contributed by atoms with van der Waals surface area (Å²) in [5.74, 6) is 2.49. The third kappa shape index (κ3) is 6.08. The van der Waals surface area contributed by atoms with Crippen molar-refractivity contribution in [2.45, 2.75) is 58.3 Å². The van der Waals surface area contributed by atoms with Gasteiger partial charge in [-0.15, -0.1) is 0 Å². The number of sulfone groups is 1. The van der Waals surface area contributed by atoms with Crippen LogP contribution in [-0.4, -0.2) is 26.5 Å². The Bertz CT molecular complexity index is 874. The van der Waals surface area contributed by atoms with E-state index in [4.69, 9.17) is 4.74 Å². The summed E-state index contributed by atoms with van der Waals surface area (Å²) >= 11 is 0. The zero-order valence-corrected chi connectivity index (χ0v) is 18.6. The SMILES string of the molecule is CCC[C@@H]1CCc2ccc(OCCCS(=O)(=O)CC)cc2[C@@H]1Cc1ccccc1. The summed E-state index contributed by atoms with van der Waals surface area (Å²) in [5, 5.41) is 0. The molecule has 0 saturated heterocycles. The molecule has 2 aromatic rings. The van der Waals surface area contributed by atoms with Crippen LogP contribution in [0.3, 0.4) is 0 Å². The maximum Gasteiger partial charge on any atom is 0.150 e. The molecule has 1 aliphatic rings. The van der Waals surface area contributed by atoms with Gasteiger partial charge >= 0.3 is 0 Å². The molecular formula is C25H34O3S. The van der Waals surface area contributed by atoms with Gasteiger partial charge in [-0.1, -0.05) is 63.1 Å². The van der Waals surface area contributed by atoms with Gasteiger partial charge in [0, 0.05) is 5.75 Å². The van der Waals surface area contributed by atoms with Gasteiger partial charge in [0.05, 0.1) is 12.4 Å². The highest BCUT2D eigenvalue weighted by Gasteiger charge is 2.29. The molecule has 158 valence electrons. The molecular weight excluding hydrogens is 380 g/mol. The second-order valence-electron chi connectivity index (χ2n) is 8.18. The molecule has 3 rings (SSSR count). The number of aryl methyl sites for hydroxylation is 1. The quantitative estimate of drug-likeness (QED) is 0.477. The van der Waals surface area contributed by atoms with E-state index in [1.807, 2.05) is 6.07 Å². The molecule has 3 nitrogen and oxygen atoms in total.